The molecule has 8 heteroatoms. The van der Waals surface area contributed by atoms with Crippen molar-refractivity contribution in [2.45, 2.75) is 30.6 Å². The highest BCUT2D eigenvalue weighted by Crippen LogP contribution is 2.28. The van der Waals surface area contributed by atoms with Crippen molar-refractivity contribution in [2.24, 2.45) is 0 Å². The normalized spacial score (nSPS) is 13.1. The molecule has 0 saturated heterocycles. The highest BCUT2D eigenvalue weighted by atomic mass is 32.2. The molecule has 0 radical (unpaired) electrons. The lowest BCUT2D eigenvalue weighted by Crippen LogP contribution is -2.29. The van der Waals surface area contributed by atoms with Gasteiger partial charge in [-0.15, -0.1) is 0 Å². The van der Waals surface area contributed by atoms with Crippen LogP contribution in [0.25, 0.3) is 5.69 Å². The van der Waals surface area contributed by atoms with Crippen molar-refractivity contribution in [2.75, 3.05) is 26.5 Å². The predicted octanol–water partition coefficient (Wildman–Crippen LogP) is 3.31. The first-order chi connectivity index (χ1) is 15.3. The van der Waals surface area contributed by atoms with Crippen molar-refractivity contribution < 1.29 is 17.9 Å². The lowest BCUT2D eigenvalue weighted by Gasteiger charge is -2.17. The summed E-state index contributed by atoms with van der Waals surface area (Å²) in [5, 5.41) is 4.67. The molecule has 168 valence electrons. The van der Waals surface area contributed by atoms with Crippen molar-refractivity contribution in [1.29, 1.82) is 0 Å². The molecule has 0 bridgehead atoms. The topological polar surface area (TPSA) is 81.5 Å². The largest absolute Gasteiger partial charge is 0.493 e. The van der Waals surface area contributed by atoms with Gasteiger partial charge in [0.25, 0.3) is 5.91 Å². The van der Waals surface area contributed by atoms with E-state index < -0.39 is 9.84 Å². The van der Waals surface area contributed by atoms with Gasteiger partial charge in [0.15, 0.2) is 15.5 Å². The molecule has 3 aromatic rings. The van der Waals surface area contributed by atoms with E-state index in [0.717, 1.165) is 36.2 Å². The van der Waals surface area contributed by atoms with Crippen LogP contribution < -0.4 is 4.74 Å². The van der Waals surface area contributed by atoms with E-state index in [-0.39, 0.29) is 10.8 Å². The Labute approximate surface area is 188 Å². The second kappa shape index (κ2) is 9.16. The van der Waals surface area contributed by atoms with E-state index in [9.17, 15) is 13.2 Å². The summed E-state index contributed by atoms with van der Waals surface area (Å²) >= 11 is 0. The van der Waals surface area contributed by atoms with Gasteiger partial charge >= 0.3 is 0 Å². The van der Waals surface area contributed by atoms with Crippen LogP contribution in [0.1, 0.15) is 34.6 Å². The van der Waals surface area contributed by atoms with Crippen LogP contribution >= 0.6 is 0 Å². The molecule has 1 aliphatic carbocycles. The molecule has 0 atom stereocenters. The third-order valence-corrected chi connectivity index (χ3v) is 6.73. The number of benzene rings is 2. The Morgan fingerprint density at radius 1 is 1.12 bits per heavy atom. The van der Waals surface area contributed by atoms with E-state index >= 15 is 0 Å². The molecule has 0 aliphatic heterocycles. The quantitative estimate of drug-likeness (QED) is 0.489. The summed E-state index contributed by atoms with van der Waals surface area (Å²) in [6.45, 7) is 0.888. The first-order valence-corrected chi connectivity index (χ1v) is 12.6. The molecule has 1 heterocycles. The lowest BCUT2D eigenvalue weighted by molar-refractivity contribution is 0.0780. The molecule has 0 unspecified atom stereocenters. The number of hydrogen-bond acceptors (Lipinski definition) is 5. The van der Waals surface area contributed by atoms with Crippen LogP contribution in [-0.2, 0) is 22.7 Å². The highest BCUT2D eigenvalue weighted by molar-refractivity contribution is 7.90. The van der Waals surface area contributed by atoms with E-state index in [1.54, 1.807) is 30.1 Å². The Balaban J connectivity index is 1.38. The number of aromatic nitrogens is 2. The average Bonchev–Trinajstić information content (AvgIpc) is 3.39. The minimum absolute atomic E-state index is 0.0862. The van der Waals surface area contributed by atoms with Gasteiger partial charge in [-0.25, -0.2) is 13.1 Å². The predicted molar refractivity (Wildman–Crippen MR) is 122 cm³/mol. The van der Waals surface area contributed by atoms with Gasteiger partial charge in [-0.2, -0.15) is 5.10 Å². The molecule has 1 amide bonds. The number of amides is 1. The number of ether oxygens (including phenoxy) is 1. The molecule has 0 fully saturated rings. The molecule has 7 nitrogen and oxygen atoms in total. The van der Waals surface area contributed by atoms with Crippen LogP contribution in [0.4, 0.5) is 0 Å². The zero-order valence-electron chi connectivity index (χ0n) is 18.3. The van der Waals surface area contributed by atoms with Crippen LogP contribution in [0.2, 0.25) is 0 Å². The van der Waals surface area contributed by atoms with Crippen LogP contribution in [0.15, 0.2) is 59.5 Å². The fraction of sp³-hybridized carbons (Fsp3) is 0.333. The molecule has 1 aliphatic rings. The van der Waals surface area contributed by atoms with E-state index in [4.69, 9.17) is 4.74 Å². The summed E-state index contributed by atoms with van der Waals surface area (Å²) < 4.78 is 31.0. The first kappa shape index (κ1) is 22.1. The summed E-state index contributed by atoms with van der Waals surface area (Å²) in [6, 6.07) is 16.3. The summed E-state index contributed by atoms with van der Waals surface area (Å²) in [5.41, 5.74) is 3.68. The number of sulfone groups is 1. The summed E-state index contributed by atoms with van der Waals surface area (Å²) in [7, 11) is -1.50. The highest BCUT2D eigenvalue weighted by Gasteiger charge is 2.28. The standard InChI is InChI=1S/C24H27N3O4S/c1-26(15-8-16-31-19-11-6-12-20(17-19)32(2,29)30)24(28)23-21-13-7-14-22(21)27(25-23)18-9-4-3-5-10-18/h3-6,9-12,17H,7-8,13-16H2,1-2H3. The Morgan fingerprint density at radius 3 is 2.66 bits per heavy atom. The molecule has 4 rings (SSSR count). The van der Waals surface area contributed by atoms with E-state index in [2.05, 4.69) is 5.10 Å². The third-order valence-electron chi connectivity index (χ3n) is 5.62. The molecule has 1 aromatic heterocycles. The molecule has 0 spiro atoms. The zero-order valence-corrected chi connectivity index (χ0v) is 19.1. The molecule has 0 N–H and O–H groups in total. The fourth-order valence-electron chi connectivity index (χ4n) is 3.96. The summed E-state index contributed by atoms with van der Waals surface area (Å²) in [5.74, 6) is 0.415. The second-order valence-electron chi connectivity index (χ2n) is 8.05. The Kier molecular flexibility index (Phi) is 6.32. The van der Waals surface area contributed by atoms with Gasteiger partial charge in [-0.05, 0) is 56.0 Å². The van der Waals surface area contributed by atoms with Gasteiger partial charge < -0.3 is 9.64 Å². The van der Waals surface area contributed by atoms with Crippen molar-refractivity contribution in [1.82, 2.24) is 14.7 Å². The number of carbonyl (C=O) groups is 1. The Hall–Kier alpha value is -3.13. The number of nitrogens with zero attached hydrogens (tertiary/aromatic N) is 3. The number of carbonyl (C=O) groups excluding carboxylic acids is 1. The smallest absolute Gasteiger partial charge is 0.274 e. The molecular weight excluding hydrogens is 426 g/mol. The van der Waals surface area contributed by atoms with Crippen molar-refractivity contribution in [3.63, 3.8) is 0 Å². The van der Waals surface area contributed by atoms with Gasteiger partial charge in [0, 0.05) is 31.1 Å². The van der Waals surface area contributed by atoms with Gasteiger partial charge in [0.2, 0.25) is 0 Å². The molecule has 0 saturated carbocycles. The van der Waals surface area contributed by atoms with Crippen LogP contribution in [-0.4, -0.2) is 55.5 Å². The van der Waals surface area contributed by atoms with Gasteiger partial charge in [-0.1, -0.05) is 24.3 Å². The van der Waals surface area contributed by atoms with Gasteiger partial charge in [0.05, 0.1) is 17.2 Å². The van der Waals surface area contributed by atoms with Crippen LogP contribution in [0.3, 0.4) is 0 Å². The Morgan fingerprint density at radius 2 is 1.91 bits per heavy atom. The second-order valence-corrected chi connectivity index (χ2v) is 10.1. The first-order valence-electron chi connectivity index (χ1n) is 10.7. The van der Waals surface area contributed by atoms with Gasteiger partial charge in [-0.3, -0.25) is 4.79 Å². The van der Waals surface area contributed by atoms with Crippen molar-refractivity contribution >= 4 is 15.7 Å². The summed E-state index contributed by atoms with van der Waals surface area (Å²) in [6.07, 6.45) is 4.62. The maximum atomic E-state index is 13.1. The van der Waals surface area contributed by atoms with Crippen molar-refractivity contribution in [3.8, 4) is 11.4 Å². The SMILES string of the molecule is CN(CCCOc1cccc(S(C)(=O)=O)c1)C(=O)c1nn(-c2ccccc2)c2c1CCC2. The van der Waals surface area contributed by atoms with E-state index in [0.29, 0.717) is 31.0 Å². The maximum Gasteiger partial charge on any atom is 0.274 e. The van der Waals surface area contributed by atoms with Crippen LogP contribution in [0.5, 0.6) is 5.75 Å². The number of fused-ring (bicyclic) bond motifs is 1. The number of hydrogen-bond donors (Lipinski definition) is 0. The number of para-hydroxylation sites is 1. The Bertz CT molecular complexity index is 1220. The van der Waals surface area contributed by atoms with Crippen LogP contribution in [0, 0.1) is 0 Å². The zero-order chi connectivity index (χ0) is 22.7. The molecular formula is C24H27N3O4S. The maximum absolute atomic E-state index is 13.1. The minimum Gasteiger partial charge on any atom is -0.493 e. The fourth-order valence-corrected chi connectivity index (χ4v) is 4.62. The number of rotatable bonds is 8. The van der Waals surface area contributed by atoms with E-state index in [1.807, 2.05) is 35.0 Å². The average molecular weight is 454 g/mol. The lowest BCUT2D eigenvalue weighted by atomic mass is 10.2. The summed E-state index contributed by atoms with van der Waals surface area (Å²) in [4.78, 5) is 15.0. The third kappa shape index (κ3) is 4.70. The van der Waals surface area contributed by atoms with Gasteiger partial charge in [0.1, 0.15) is 5.75 Å². The van der Waals surface area contributed by atoms with E-state index in [1.165, 1.54) is 12.3 Å². The molecule has 2 aromatic carbocycles. The molecule has 32 heavy (non-hydrogen) atoms. The minimum atomic E-state index is -3.28. The monoisotopic (exact) mass is 453 g/mol. The van der Waals surface area contributed by atoms with Crippen molar-refractivity contribution in [3.05, 3.63) is 71.5 Å².